The van der Waals surface area contributed by atoms with Crippen LogP contribution in [0.4, 0.5) is 5.95 Å². The van der Waals surface area contributed by atoms with Gasteiger partial charge in [-0.15, -0.1) is 0 Å². The zero-order valence-corrected chi connectivity index (χ0v) is 13.4. The van der Waals surface area contributed by atoms with Gasteiger partial charge in [0.25, 0.3) is 0 Å². The van der Waals surface area contributed by atoms with Gasteiger partial charge in [-0.3, -0.25) is 4.98 Å². The number of rotatable bonds is 6. The minimum Gasteiger partial charge on any atom is -0.409 e. The molecule has 0 aliphatic heterocycles. The van der Waals surface area contributed by atoms with Crippen LogP contribution in [-0.4, -0.2) is 32.5 Å². The molecule has 7 nitrogen and oxygen atoms in total. The van der Waals surface area contributed by atoms with Gasteiger partial charge in [0.1, 0.15) is 5.84 Å². The summed E-state index contributed by atoms with van der Waals surface area (Å²) in [5.41, 5.74) is 6.58. The second-order valence-corrected chi connectivity index (χ2v) is 5.57. The number of amidine groups is 1. The molecule has 0 aliphatic rings. The topological polar surface area (TPSA) is 101 Å². The van der Waals surface area contributed by atoms with E-state index >= 15 is 0 Å². The van der Waals surface area contributed by atoms with Gasteiger partial charge in [0, 0.05) is 47.9 Å². The van der Waals surface area contributed by atoms with Crippen molar-refractivity contribution in [1.29, 1.82) is 0 Å². The Morgan fingerprint density at radius 3 is 2.71 bits per heavy atom. The van der Waals surface area contributed by atoms with Crippen LogP contribution >= 0.6 is 22.6 Å². The third kappa shape index (κ3) is 4.81. The lowest BCUT2D eigenvalue weighted by Gasteiger charge is -2.22. The molecule has 2 heterocycles. The van der Waals surface area contributed by atoms with Gasteiger partial charge in [-0.1, -0.05) is 11.2 Å². The van der Waals surface area contributed by atoms with Gasteiger partial charge >= 0.3 is 0 Å². The number of hydrogen-bond acceptors (Lipinski definition) is 6. The van der Waals surface area contributed by atoms with Crippen LogP contribution in [0.25, 0.3) is 0 Å². The molecular formula is C13H15IN6O. The van der Waals surface area contributed by atoms with E-state index in [1.807, 2.05) is 17.0 Å². The van der Waals surface area contributed by atoms with E-state index in [-0.39, 0.29) is 5.84 Å². The molecule has 3 N–H and O–H groups in total. The van der Waals surface area contributed by atoms with Crippen LogP contribution < -0.4 is 10.6 Å². The van der Waals surface area contributed by atoms with E-state index in [0.717, 1.165) is 9.13 Å². The Labute approximate surface area is 136 Å². The summed E-state index contributed by atoms with van der Waals surface area (Å²) in [4.78, 5) is 14.7. The lowest BCUT2D eigenvalue weighted by Crippen LogP contribution is -2.29. The lowest BCUT2D eigenvalue weighted by molar-refractivity contribution is 0.317. The molecule has 0 spiro atoms. The number of nitrogens with zero attached hydrogens (tertiary/aromatic N) is 5. The highest BCUT2D eigenvalue weighted by atomic mass is 127. The Hall–Kier alpha value is -1.97. The Kier molecular flexibility index (Phi) is 5.67. The quantitative estimate of drug-likeness (QED) is 0.252. The second kappa shape index (κ2) is 7.72. The van der Waals surface area contributed by atoms with Crippen LogP contribution in [0.3, 0.4) is 0 Å². The highest BCUT2D eigenvalue weighted by Gasteiger charge is 2.11. The lowest BCUT2D eigenvalue weighted by atomic mass is 10.2. The Bertz CT molecular complexity index is 589. The average molecular weight is 398 g/mol. The van der Waals surface area contributed by atoms with Gasteiger partial charge in [0.2, 0.25) is 5.95 Å². The van der Waals surface area contributed by atoms with Crippen LogP contribution in [0.1, 0.15) is 12.0 Å². The van der Waals surface area contributed by atoms with Gasteiger partial charge in [0.05, 0.1) is 0 Å². The maximum atomic E-state index is 8.65. The molecule has 0 bridgehead atoms. The molecule has 8 heteroatoms. The average Bonchev–Trinajstić information content (AvgIpc) is 2.53. The summed E-state index contributed by atoms with van der Waals surface area (Å²) in [5, 5.41) is 11.6. The zero-order chi connectivity index (χ0) is 15.1. The van der Waals surface area contributed by atoms with Crippen LogP contribution in [0.15, 0.2) is 42.1 Å². The molecule has 2 rings (SSSR count). The van der Waals surface area contributed by atoms with E-state index in [0.29, 0.717) is 25.5 Å². The first kappa shape index (κ1) is 15.4. The van der Waals surface area contributed by atoms with Gasteiger partial charge < -0.3 is 15.8 Å². The minimum atomic E-state index is 0.177. The highest BCUT2D eigenvalue weighted by Crippen LogP contribution is 2.13. The number of hydrogen-bond donors (Lipinski definition) is 2. The molecule has 0 aliphatic carbocycles. The molecule has 2 aromatic rings. The van der Waals surface area contributed by atoms with Crippen molar-refractivity contribution in [3.63, 3.8) is 0 Å². The van der Waals surface area contributed by atoms with Crippen molar-refractivity contribution in [2.24, 2.45) is 10.9 Å². The number of pyridine rings is 1. The van der Waals surface area contributed by atoms with Crippen molar-refractivity contribution in [3.05, 3.63) is 46.1 Å². The summed E-state index contributed by atoms with van der Waals surface area (Å²) in [6, 6.07) is 3.86. The fraction of sp³-hybridized carbons (Fsp3) is 0.231. The van der Waals surface area contributed by atoms with E-state index in [2.05, 4.69) is 42.7 Å². The summed E-state index contributed by atoms with van der Waals surface area (Å²) in [7, 11) is 0. The van der Waals surface area contributed by atoms with E-state index in [4.69, 9.17) is 10.9 Å². The molecule has 21 heavy (non-hydrogen) atoms. The number of aromatic nitrogens is 3. The normalized spacial score (nSPS) is 11.4. The molecular weight excluding hydrogens is 383 g/mol. The van der Waals surface area contributed by atoms with E-state index in [1.165, 1.54) is 0 Å². The zero-order valence-electron chi connectivity index (χ0n) is 11.2. The molecule has 110 valence electrons. The summed E-state index contributed by atoms with van der Waals surface area (Å²) < 4.78 is 0.967. The SMILES string of the molecule is N/C(CCN(Cc1cccnc1)c1ncc(I)cn1)=N/O. The Balaban J connectivity index is 2.15. The largest absolute Gasteiger partial charge is 0.409 e. The van der Waals surface area contributed by atoms with E-state index in [1.54, 1.807) is 24.8 Å². The summed E-state index contributed by atoms with van der Waals surface area (Å²) in [6.45, 7) is 1.15. The van der Waals surface area contributed by atoms with E-state index < -0.39 is 0 Å². The number of anilines is 1. The smallest absolute Gasteiger partial charge is 0.225 e. The van der Waals surface area contributed by atoms with Gasteiger partial charge in [-0.2, -0.15) is 0 Å². The van der Waals surface area contributed by atoms with E-state index in [9.17, 15) is 0 Å². The van der Waals surface area contributed by atoms with Crippen molar-refractivity contribution >= 4 is 34.4 Å². The van der Waals surface area contributed by atoms with Crippen molar-refractivity contribution in [2.75, 3.05) is 11.4 Å². The molecule has 0 fully saturated rings. The summed E-state index contributed by atoms with van der Waals surface area (Å²) in [6.07, 6.45) is 7.45. The Morgan fingerprint density at radius 2 is 2.10 bits per heavy atom. The first-order valence-corrected chi connectivity index (χ1v) is 7.34. The molecule has 0 amide bonds. The Morgan fingerprint density at radius 1 is 1.33 bits per heavy atom. The molecule has 0 atom stereocenters. The predicted octanol–water partition coefficient (Wildman–Crippen LogP) is 1.62. The van der Waals surface area contributed by atoms with Crippen LogP contribution in [0, 0.1) is 3.57 Å². The molecule has 0 saturated carbocycles. The van der Waals surface area contributed by atoms with Crippen molar-refractivity contribution in [2.45, 2.75) is 13.0 Å². The van der Waals surface area contributed by atoms with Crippen LogP contribution in [0.2, 0.25) is 0 Å². The van der Waals surface area contributed by atoms with Crippen LogP contribution in [-0.2, 0) is 6.54 Å². The van der Waals surface area contributed by atoms with Crippen LogP contribution in [0.5, 0.6) is 0 Å². The number of halogens is 1. The van der Waals surface area contributed by atoms with Gasteiger partial charge in [-0.25, -0.2) is 9.97 Å². The summed E-state index contributed by atoms with van der Waals surface area (Å²) in [5.74, 6) is 0.779. The van der Waals surface area contributed by atoms with Crippen molar-refractivity contribution in [3.8, 4) is 0 Å². The number of oxime groups is 1. The standard InChI is InChI=1S/C13H15IN6O/c14-11-7-17-13(18-8-11)20(5-3-12(15)19-21)9-10-2-1-4-16-6-10/h1-2,4,6-8,21H,3,5,9H2,(H2,15,19). The van der Waals surface area contributed by atoms with Gasteiger partial charge in [-0.05, 0) is 34.2 Å². The molecule has 0 unspecified atom stereocenters. The molecule has 0 aromatic carbocycles. The first-order chi connectivity index (χ1) is 10.2. The minimum absolute atomic E-state index is 0.177. The molecule has 0 saturated heterocycles. The second-order valence-electron chi connectivity index (χ2n) is 4.33. The first-order valence-electron chi connectivity index (χ1n) is 6.27. The van der Waals surface area contributed by atoms with Crippen molar-refractivity contribution < 1.29 is 5.21 Å². The molecule has 0 radical (unpaired) electrons. The maximum Gasteiger partial charge on any atom is 0.225 e. The van der Waals surface area contributed by atoms with Crippen molar-refractivity contribution in [1.82, 2.24) is 15.0 Å². The predicted molar refractivity (Wildman–Crippen MR) is 88.1 cm³/mol. The summed E-state index contributed by atoms with van der Waals surface area (Å²) >= 11 is 2.16. The number of nitrogens with two attached hydrogens (primary N) is 1. The van der Waals surface area contributed by atoms with Gasteiger partial charge in [0.15, 0.2) is 0 Å². The maximum absolute atomic E-state index is 8.65. The third-order valence-electron chi connectivity index (χ3n) is 2.75. The highest BCUT2D eigenvalue weighted by molar-refractivity contribution is 14.1. The monoisotopic (exact) mass is 398 g/mol. The fourth-order valence-corrected chi connectivity index (χ4v) is 2.01. The fourth-order valence-electron chi connectivity index (χ4n) is 1.73. The molecule has 2 aromatic heterocycles. The third-order valence-corrected chi connectivity index (χ3v) is 3.31.